The van der Waals surface area contributed by atoms with E-state index in [4.69, 9.17) is 4.74 Å². The zero-order chi connectivity index (χ0) is 23.8. The highest BCUT2D eigenvalue weighted by Gasteiger charge is 2.33. The lowest BCUT2D eigenvalue weighted by molar-refractivity contribution is -0.141. The van der Waals surface area contributed by atoms with Gasteiger partial charge in [-0.2, -0.15) is 0 Å². The van der Waals surface area contributed by atoms with Crippen LogP contribution in [0.3, 0.4) is 0 Å². The minimum Gasteiger partial charge on any atom is -0.497 e. The molecule has 2 amide bonds. The summed E-state index contributed by atoms with van der Waals surface area (Å²) in [4.78, 5) is 30.2. The average Bonchev–Trinajstić information content (AvgIpc) is 3.38. The van der Waals surface area contributed by atoms with Gasteiger partial charge in [0.2, 0.25) is 11.8 Å². The van der Waals surface area contributed by atoms with Gasteiger partial charge in [-0.15, -0.1) is 11.3 Å². The summed E-state index contributed by atoms with van der Waals surface area (Å²) < 4.78 is 5.44. The van der Waals surface area contributed by atoms with E-state index in [0.29, 0.717) is 12.3 Å². The highest BCUT2D eigenvalue weighted by atomic mass is 32.1. The average molecular weight is 477 g/mol. The van der Waals surface area contributed by atoms with Crippen molar-refractivity contribution in [2.75, 3.05) is 7.11 Å². The lowest BCUT2D eigenvalue weighted by atomic mass is 9.94. The number of benzene rings is 2. The number of thiophene rings is 1. The fraction of sp³-hybridized carbons (Fsp3) is 0.357. The van der Waals surface area contributed by atoms with Crippen LogP contribution in [0.5, 0.6) is 5.75 Å². The van der Waals surface area contributed by atoms with Crippen LogP contribution < -0.4 is 10.1 Å². The first kappa shape index (κ1) is 24.0. The van der Waals surface area contributed by atoms with Crippen molar-refractivity contribution < 1.29 is 14.3 Å². The number of methoxy groups -OCH3 is 1. The molecule has 0 aliphatic heterocycles. The third kappa shape index (κ3) is 6.26. The van der Waals surface area contributed by atoms with Crippen LogP contribution in [0.1, 0.15) is 54.1 Å². The molecule has 1 fully saturated rings. The summed E-state index contributed by atoms with van der Waals surface area (Å²) in [5, 5.41) is 5.24. The molecule has 1 atom stereocenters. The van der Waals surface area contributed by atoms with E-state index in [0.717, 1.165) is 41.7 Å². The number of nitrogens with zero attached hydrogens (tertiary/aromatic N) is 1. The maximum atomic E-state index is 13.8. The van der Waals surface area contributed by atoms with Gasteiger partial charge in [0.05, 0.1) is 13.5 Å². The molecule has 0 saturated heterocycles. The summed E-state index contributed by atoms with van der Waals surface area (Å²) in [6.07, 6.45) is 5.70. The monoisotopic (exact) mass is 476 g/mol. The van der Waals surface area contributed by atoms with Crippen LogP contribution in [0.2, 0.25) is 0 Å². The minimum absolute atomic E-state index is 0.0714. The van der Waals surface area contributed by atoms with Crippen LogP contribution in [0.15, 0.2) is 72.1 Å². The van der Waals surface area contributed by atoms with Gasteiger partial charge < -0.3 is 15.0 Å². The van der Waals surface area contributed by atoms with E-state index < -0.39 is 6.04 Å². The second-order valence-corrected chi connectivity index (χ2v) is 9.82. The number of hydrogen-bond acceptors (Lipinski definition) is 4. The topological polar surface area (TPSA) is 58.6 Å². The first-order chi connectivity index (χ1) is 16.6. The van der Waals surface area contributed by atoms with Gasteiger partial charge in [0.25, 0.3) is 0 Å². The normalized spacial score (nSPS) is 14.9. The van der Waals surface area contributed by atoms with Crippen LogP contribution in [-0.4, -0.2) is 29.9 Å². The summed E-state index contributed by atoms with van der Waals surface area (Å²) in [6.45, 7) is 0.352. The molecule has 0 unspecified atom stereocenters. The Labute approximate surface area is 205 Å². The van der Waals surface area contributed by atoms with Gasteiger partial charge in [0, 0.05) is 17.5 Å². The molecule has 2 aromatic carbocycles. The molecule has 0 radical (unpaired) electrons. The maximum Gasteiger partial charge on any atom is 0.247 e. The molecule has 6 heteroatoms. The lowest BCUT2D eigenvalue weighted by Gasteiger charge is -2.33. The molecule has 34 heavy (non-hydrogen) atoms. The lowest BCUT2D eigenvalue weighted by Crippen LogP contribution is -2.47. The molecular formula is C28H32N2O3S. The number of rotatable bonds is 9. The summed E-state index contributed by atoms with van der Waals surface area (Å²) >= 11 is 1.56. The van der Waals surface area contributed by atoms with E-state index >= 15 is 0 Å². The zero-order valence-corrected chi connectivity index (χ0v) is 20.4. The summed E-state index contributed by atoms with van der Waals surface area (Å²) in [7, 11) is 1.61. The van der Waals surface area contributed by atoms with Crippen LogP contribution in [-0.2, 0) is 22.6 Å². The van der Waals surface area contributed by atoms with Crippen LogP contribution in [0.4, 0.5) is 0 Å². The quantitative estimate of drug-likeness (QED) is 0.443. The summed E-state index contributed by atoms with van der Waals surface area (Å²) in [5.41, 5.74) is 1.74. The number of nitrogens with one attached hydrogen (secondary N) is 1. The van der Waals surface area contributed by atoms with E-state index in [1.165, 1.54) is 6.42 Å². The third-order valence-corrected chi connectivity index (χ3v) is 7.22. The number of carbonyl (C=O) groups excluding carboxylic acids is 2. The highest BCUT2D eigenvalue weighted by Crippen LogP contribution is 2.29. The Morgan fingerprint density at radius 3 is 2.53 bits per heavy atom. The number of amides is 2. The van der Waals surface area contributed by atoms with E-state index in [2.05, 4.69) is 5.32 Å². The molecule has 0 spiro atoms. The predicted octanol–water partition coefficient (Wildman–Crippen LogP) is 5.52. The van der Waals surface area contributed by atoms with Crippen LogP contribution in [0, 0.1) is 0 Å². The fourth-order valence-corrected chi connectivity index (χ4v) is 5.27. The van der Waals surface area contributed by atoms with E-state index in [9.17, 15) is 9.59 Å². The molecular weight excluding hydrogens is 444 g/mol. The van der Waals surface area contributed by atoms with Gasteiger partial charge in [-0.3, -0.25) is 9.59 Å². The van der Waals surface area contributed by atoms with Crippen LogP contribution in [0.25, 0.3) is 0 Å². The Hall–Kier alpha value is -3.12. The second-order valence-electron chi connectivity index (χ2n) is 8.79. The summed E-state index contributed by atoms with van der Waals surface area (Å²) in [5.74, 6) is 0.465. The molecule has 4 rings (SSSR count). The first-order valence-electron chi connectivity index (χ1n) is 11.9. The number of carbonyl (C=O) groups is 2. The Morgan fingerprint density at radius 2 is 1.82 bits per heavy atom. The van der Waals surface area contributed by atoms with Crippen LogP contribution >= 0.6 is 11.3 Å². The highest BCUT2D eigenvalue weighted by molar-refractivity contribution is 7.10. The number of ether oxygens (including phenoxy) is 1. The smallest absolute Gasteiger partial charge is 0.247 e. The van der Waals surface area contributed by atoms with Gasteiger partial charge in [-0.05, 0) is 47.5 Å². The molecule has 0 bridgehead atoms. The molecule has 3 aromatic rings. The van der Waals surface area contributed by atoms with Gasteiger partial charge in [0.15, 0.2) is 0 Å². The molecule has 1 saturated carbocycles. The molecule has 1 aliphatic rings. The Bertz CT molecular complexity index is 1060. The van der Waals surface area contributed by atoms with Gasteiger partial charge in [-0.1, -0.05) is 67.8 Å². The Morgan fingerprint density at radius 1 is 1.03 bits per heavy atom. The minimum atomic E-state index is -0.746. The largest absolute Gasteiger partial charge is 0.497 e. The van der Waals surface area contributed by atoms with E-state index in [-0.39, 0.29) is 24.3 Å². The Balaban J connectivity index is 1.70. The third-order valence-electron chi connectivity index (χ3n) is 6.34. The van der Waals surface area contributed by atoms with E-state index in [1.807, 2.05) is 72.1 Å². The number of hydrogen-bond donors (Lipinski definition) is 1. The SMILES string of the molecule is COc1cccc([C@H](C(=O)NC2CCCCC2)N(Cc2ccccc2)C(=O)Cc2cccs2)c1. The fourth-order valence-electron chi connectivity index (χ4n) is 4.58. The van der Waals surface area contributed by atoms with Crippen molar-refractivity contribution in [3.05, 3.63) is 88.1 Å². The maximum absolute atomic E-state index is 13.8. The molecule has 1 aromatic heterocycles. The summed E-state index contributed by atoms with van der Waals surface area (Å²) in [6, 6.07) is 20.7. The molecule has 5 nitrogen and oxygen atoms in total. The van der Waals surface area contributed by atoms with E-state index in [1.54, 1.807) is 23.3 Å². The molecule has 1 N–H and O–H groups in total. The van der Waals surface area contributed by atoms with Gasteiger partial charge in [-0.25, -0.2) is 0 Å². The standard InChI is InChI=1S/C28H32N2O3S/c1-33-24-15-8-12-22(18-24)27(28(32)29-23-13-6-3-7-14-23)30(20-21-10-4-2-5-11-21)26(31)19-25-16-9-17-34-25/h2,4-5,8-12,15-18,23,27H,3,6-7,13-14,19-20H2,1H3,(H,29,32)/t27-/m1/s1. The van der Waals surface area contributed by atoms with Crippen molar-refractivity contribution in [3.8, 4) is 5.75 Å². The second kappa shape index (κ2) is 11.8. The molecule has 178 valence electrons. The van der Waals surface area contributed by atoms with Gasteiger partial charge in [0.1, 0.15) is 11.8 Å². The van der Waals surface area contributed by atoms with Gasteiger partial charge >= 0.3 is 0 Å². The van der Waals surface area contributed by atoms with Crippen molar-refractivity contribution in [3.63, 3.8) is 0 Å². The van der Waals surface area contributed by atoms with Crippen molar-refractivity contribution in [2.45, 2.75) is 57.2 Å². The molecule has 1 heterocycles. The van der Waals surface area contributed by atoms with Crippen molar-refractivity contribution in [1.82, 2.24) is 10.2 Å². The zero-order valence-electron chi connectivity index (χ0n) is 19.6. The van der Waals surface area contributed by atoms with Crippen molar-refractivity contribution in [1.29, 1.82) is 0 Å². The van der Waals surface area contributed by atoms with Crippen molar-refractivity contribution >= 4 is 23.2 Å². The van der Waals surface area contributed by atoms with Crippen molar-refractivity contribution in [2.24, 2.45) is 0 Å². The Kier molecular flexibility index (Phi) is 8.36. The molecule has 1 aliphatic carbocycles. The predicted molar refractivity (Wildman–Crippen MR) is 136 cm³/mol. The first-order valence-corrected chi connectivity index (χ1v) is 12.8.